The summed E-state index contributed by atoms with van der Waals surface area (Å²) in [6, 6.07) is 15.0. The molecule has 0 heterocycles. The maximum Gasteiger partial charge on any atom is 0.254 e. The van der Waals surface area contributed by atoms with Crippen molar-refractivity contribution in [1.82, 2.24) is 4.90 Å². The minimum atomic E-state index is -3.42. The number of nitrogens with zero attached hydrogens (tertiary/aromatic N) is 1. The van der Waals surface area contributed by atoms with Gasteiger partial charge in [-0.2, -0.15) is 0 Å². The van der Waals surface area contributed by atoms with Crippen LogP contribution >= 0.6 is 0 Å². The molecule has 0 N–H and O–H groups in total. The molecule has 2 aromatic carbocycles. The second-order valence-electron chi connectivity index (χ2n) is 6.05. The molecule has 1 amide bonds. The molecule has 0 aliphatic heterocycles. The normalized spacial score (nSPS) is 11.3. The van der Waals surface area contributed by atoms with Gasteiger partial charge in [0.25, 0.3) is 5.91 Å². The van der Waals surface area contributed by atoms with Crippen molar-refractivity contribution in [2.24, 2.45) is 0 Å². The highest BCUT2D eigenvalue weighted by molar-refractivity contribution is 7.90. The summed E-state index contributed by atoms with van der Waals surface area (Å²) in [5.41, 5.74) is 1.14. The lowest BCUT2D eigenvalue weighted by molar-refractivity contribution is 0.0627. The van der Waals surface area contributed by atoms with Crippen LogP contribution in [0.2, 0.25) is 0 Å². The SMILES string of the molecule is COCCN(CCOC)C(=O)c1ccc(CS(=O)(=O)c2ccccc2)cc1. The summed E-state index contributed by atoms with van der Waals surface area (Å²) in [4.78, 5) is 14.6. The van der Waals surface area contributed by atoms with Crippen molar-refractivity contribution >= 4 is 15.7 Å². The lowest BCUT2D eigenvalue weighted by Gasteiger charge is -2.22. The molecule has 2 aromatic rings. The molecule has 27 heavy (non-hydrogen) atoms. The summed E-state index contributed by atoms with van der Waals surface area (Å²) in [6.45, 7) is 1.79. The number of ether oxygens (including phenoxy) is 2. The molecule has 0 aliphatic rings. The zero-order valence-corrected chi connectivity index (χ0v) is 16.4. The first kappa shape index (κ1) is 21.1. The molecule has 0 saturated carbocycles. The lowest BCUT2D eigenvalue weighted by Crippen LogP contribution is -2.36. The minimum absolute atomic E-state index is 0.109. The fourth-order valence-corrected chi connectivity index (χ4v) is 3.94. The van der Waals surface area contributed by atoms with E-state index in [1.54, 1.807) is 73.7 Å². The third-order valence-corrected chi connectivity index (χ3v) is 5.78. The van der Waals surface area contributed by atoms with E-state index in [0.717, 1.165) is 0 Å². The van der Waals surface area contributed by atoms with Crippen molar-refractivity contribution < 1.29 is 22.7 Å². The van der Waals surface area contributed by atoms with E-state index in [1.807, 2.05) is 0 Å². The van der Waals surface area contributed by atoms with Gasteiger partial charge in [-0.3, -0.25) is 4.79 Å². The van der Waals surface area contributed by atoms with E-state index in [9.17, 15) is 13.2 Å². The number of hydrogen-bond donors (Lipinski definition) is 0. The zero-order valence-electron chi connectivity index (χ0n) is 15.6. The van der Waals surface area contributed by atoms with Crippen LogP contribution in [-0.4, -0.2) is 59.7 Å². The van der Waals surface area contributed by atoms with Gasteiger partial charge in [-0.1, -0.05) is 30.3 Å². The van der Waals surface area contributed by atoms with Gasteiger partial charge in [0.05, 0.1) is 23.9 Å². The standard InChI is InChI=1S/C20H25NO5S/c1-25-14-12-21(13-15-26-2)20(22)18-10-8-17(9-11-18)16-27(23,24)19-6-4-3-5-7-19/h3-11H,12-16H2,1-2H3. The zero-order chi connectivity index (χ0) is 19.7. The summed E-state index contributed by atoms with van der Waals surface area (Å²) in [5.74, 6) is -0.246. The predicted molar refractivity (Wildman–Crippen MR) is 103 cm³/mol. The van der Waals surface area contributed by atoms with Crippen molar-refractivity contribution in [1.29, 1.82) is 0 Å². The van der Waals surface area contributed by atoms with Gasteiger partial charge >= 0.3 is 0 Å². The van der Waals surface area contributed by atoms with Crippen LogP contribution in [0.15, 0.2) is 59.5 Å². The number of amides is 1. The molecule has 0 bridgehead atoms. The van der Waals surface area contributed by atoms with Gasteiger partial charge in [0.15, 0.2) is 9.84 Å². The first-order chi connectivity index (χ1) is 13.0. The molecule has 0 unspecified atom stereocenters. The predicted octanol–water partition coefficient (Wildman–Crippen LogP) is 2.40. The van der Waals surface area contributed by atoms with E-state index in [-0.39, 0.29) is 16.6 Å². The number of carbonyl (C=O) groups is 1. The van der Waals surface area contributed by atoms with E-state index >= 15 is 0 Å². The fraction of sp³-hybridized carbons (Fsp3) is 0.350. The highest BCUT2D eigenvalue weighted by Crippen LogP contribution is 2.17. The molecule has 6 nitrogen and oxygen atoms in total. The number of carbonyl (C=O) groups excluding carboxylic acids is 1. The molecule has 7 heteroatoms. The van der Waals surface area contributed by atoms with E-state index in [0.29, 0.717) is 37.4 Å². The average molecular weight is 391 g/mol. The van der Waals surface area contributed by atoms with E-state index in [2.05, 4.69) is 0 Å². The number of sulfone groups is 1. The number of hydrogen-bond acceptors (Lipinski definition) is 5. The van der Waals surface area contributed by atoms with Gasteiger partial charge < -0.3 is 14.4 Å². The van der Waals surface area contributed by atoms with E-state index in [4.69, 9.17) is 9.47 Å². The summed E-state index contributed by atoms with van der Waals surface area (Å²) < 4.78 is 35.0. The minimum Gasteiger partial charge on any atom is -0.383 e. The maximum absolute atomic E-state index is 12.7. The number of methoxy groups -OCH3 is 2. The summed E-state index contributed by atoms with van der Waals surface area (Å²) in [5, 5.41) is 0. The van der Waals surface area contributed by atoms with Crippen LogP contribution in [0.5, 0.6) is 0 Å². The molecule has 0 fully saturated rings. The smallest absolute Gasteiger partial charge is 0.254 e. The van der Waals surface area contributed by atoms with Gasteiger partial charge in [-0.15, -0.1) is 0 Å². The third-order valence-electron chi connectivity index (χ3n) is 4.08. The summed E-state index contributed by atoms with van der Waals surface area (Å²) in [7, 11) is -0.247. The van der Waals surface area contributed by atoms with Gasteiger partial charge in [0, 0.05) is 32.9 Å². The Morgan fingerprint density at radius 1 is 0.889 bits per heavy atom. The first-order valence-electron chi connectivity index (χ1n) is 8.62. The molecule has 146 valence electrons. The fourth-order valence-electron chi connectivity index (χ4n) is 2.57. The van der Waals surface area contributed by atoms with Crippen LogP contribution in [0.1, 0.15) is 15.9 Å². The van der Waals surface area contributed by atoms with Gasteiger partial charge in [-0.05, 0) is 29.8 Å². The molecule has 0 radical (unpaired) electrons. The molecule has 0 atom stereocenters. The molecule has 0 saturated heterocycles. The summed E-state index contributed by atoms with van der Waals surface area (Å²) >= 11 is 0. The number of rotatable bonds is 10. The van der Waals surface area contributed by atoms with Crippen molar-refractivity contribution in [3.05, 3.63) is 65.7 Å². The Morgan fingerprint density at radius 3 is 1.96 bits per heavy atom. The number of benzene rings is 2. The van der Waals surface area contributed by atoms with Crippen LogP contribution in [0.3, 0.4) is 0 Å². The van der Waals surface area contributed by atoms with Crippen molar-refractivity contribution in [3.8, 4) is 0 Å². The molecule has 2 rings (SSSR count). The van der Waals surface area contributed by atoms with Gasteiger partial charge in [0.1, 0.15) is 0 Å². The molecular weight excluding hydrogens is 366 g/mol. The topological polar surface area (TPSA) is 72.9 Å². The van der Waals surface area contributed by atoms with Gasteiger partial charge in [-0.25, -0.2) is 8.42 Å². The second-order valence-corrected chi connectivity index (χ2v) is 8.04. The highest BCUT2D eigenvalue weighted by atomic mass is 32.2. The Labute approximate surface area is 160 Å². The Morgan fingerprint density at radius 2 is 1.44 bits per heavy atom. The second kappa shape index (κ2) is 10.2. The Bertz CT molecular complexity index is 811. The molecule has 0 aliphatic carbocycles. The summed E-state index contributed by atoms with van der Waals surface area (Å²) in [6.07, 6.45) is 0. The quantitative estimate of drug-likeness (QED) is 0.622. The van der Waals surface area contributed by atoms with E-state index in [1.165, 1.54) is 0 Å². The molecular formula is C20H25NO5S. The monoisotopic (exact) mass is 391 g/mol. The first-order valence-corrected chi connectivity index (χ1v) is 10.3. The van der Waals surface area contributed by atoms with Crippen LogP contribution in [0, 0.1) is 0 Å². The van der Waals surface area contributed by atoms with Crippen LogP contribution in [0.25, 0.3) is 0 Å². The average Bonchev–Trinajstić information content (AvgIpc) is 2.68. The van der Waals surface area contributed by atoms with Crippen LogP contribution in [0.4, 0.5) is 0 Å². The highest BCUT2D eigenvalue weighted by Gasteiger charge is 2.17. The lowest BCUT2D eigenvalue weighted by atomic mass is 10.1. The molecule has 0 aromatic heterocycles. The molecule has 0 spiro atoms. The largest absolute Gasteiger partial charge is 0.383 e. The third kappa shape index (κ3) is 6.16. The Balaban J connectivity index is 2.10. The maximum atomic E-state index is 12.7. The Hall–Kier alpha value is -2.22. The van der Waals surface area contributed by atoms with Crippen molar-refractivity contribution in [2.75, 3.05) is 40.5 Å². The van der Waals surface area contributed by atoms with Gasteiger partial charge in [0.2, 0.25) is 0 Å². The van der Waals surface area contributed by atoms with E-state index < -0.39 is 9.84 Å². The van der Waals surface area contributed by atoms with Crippen molar-refractivity contribution in [2.45, 2.75) is 10.6 Å². The Kier molecular flexibility index (Phi) is 7.97. The van der Waals surface area contributed by atoms with Crippen LogP contribution in [-0.2, 0) is 25.1 Å². The van der Waals surface area contributed by atoms with Crippen molar-refractivity contribution in [3.63, 3.8) is 0 Å². The van der Waals surface area contributed by atoms with Crippen LogP contribution < -0.4 is 0 Å².